The fraction of sp³-hybridized carbons (Fsp3) is 0.750. The monoisotopic (exact) mass is 383 g/mol. The first-order valence-corrected chi connectivity index (χ1v) is 10.8. The lowest BCUT2D eigenvalue weighted by atomic mass is 9.85. The van der Waals surface area contributed by atoms with Crippen molar-refractivity contribution < 1.29 is 4.79 Å². The molecule has 0 atom stereocenters. The fourth-order valence-corrected chi connectivity index (χ4v) is 4.91. The van der Waals surface area contributed by atoms with Gasteiger partial charge in [-0.25, -0.2) is 0 Å². The van der Waals surface area contributed by atoms with Crippen molar-refractivity contribution in [3.63, 3.8) is 0 Å². The number of amides is 1. The SMILES string of the molecule is CC1CCC(N(C(=O)C2CCN(c3ccc4nnnn4n3)CC2)C2CC2)CC1. The highest BCUT2D eigenvalue weighted by Gasteiger charge is 2.41. The lowest BCUT2D eigenvalue weighted by Crippen LogP contribution is -2.49. The maximum absolute atomic E-state index is 13.4. The first kappa shape index (κ1) is 17.8. The second-order valence-electron chi connectivity index (χ2n) is 8.87. The molecule has 2 saturated carbocycles. The number of rotatable bonds is 4. The van der Waals surface area contributed by atoms with Crippen LogP contribution in [0.25, 0.3) is 5.65 Å². The molecule has 2 aromatic rings. The van der Waals surface area contributed by atoms with E-state index in [0.29, 0.717) is 23.6 Å². The smallest absolute Gasteiger partial charge is 0.226 e. The summed E-state index contributed by atoms with van der Waals surface area (Å²) in [5.41, 5.74) is 0.649. The lowest BCUT2D eigenvalue weighted by Gasteiger charge is -2.40. The quantitative estimate of drug-likeness (QED) is 0.806. The van der Waals surface area contributed by atoms with Crippen molar-refractivity contribution in [2.45, 2.75) is 70.4 Å². The molecule has 8 heteroatoms. The van der Waals surface area contributed by atoms with Crippen LogP contribution in [0.1, 0.15) is 58.3 Å². The summed E-state index contributed by atoms with van der Waals surface area (Å²) in [4.78, 5) is 18.0. The normalized spacial score (nSPS) is 26.5. The van der Waals surface area contributed by atoms with Crippen LogP contribution in [-0.2, 0) is 4.79 Å². The van der Waals surface area contributed by atoms with Crippen LogP contribution >= 0.6 is 0 Å². The molecule has 0 bridgehead atoms. The van der Waals surface area contributed by atoms with Gasteiger partial charge in [-0.1, -0.05) is 6.92 Å². The van der Waals surface area contributed by atoms with Crippen molar-refractivity contribution in [1.29, 1.82) is 0 Å². The van der Waals surface area contributed by atoms with Gasteiger partial charge in [-0.05, 0) is 79.8 Å². The number of hydrogen-bond acceptors (Lipinski definition) is 6. The topological polar surface area (TPSA) is 79.5 Å². The number of carbonyl (C=O) groups is 1. The number of nitrogens with zero attached hydrogens (tertiary/aromatic N) is 7. The van der Waals surface area contributed by atoms with Gasteiger partial charge in [-0.2, -0.15) is 0 Å². The highest BCUT2D eigenvalue weighted by atomic mass is 16.2. The first-order valence-electron chi connectivity index (χ1n) is 10.8. The van der Waals surface area contributed by atoms with Crippen LogP contribution in [0.3, 0.4) is 0 Å². The van der Waals surface area contributed by atoms with Gasteiger partial charge in [0.15, 0.2) is 11.5 Å². The van der Waals surface area contributed by atoms with Crippen LogP contribution in [0.2, 0.25) is 0 Å². The minimum atomic E-state index is 0.160. The van der Waals surface area contributed by atoms with Crippen molar-refractivity contribution >= 4 is 17.4 Å². The van der Waals surface area contributed by atoms with Crippen LogP contribution in [0.4, 0.5) is 5.82 Å². The predicted octanol–water partition coefficient (Wildman–Crippen LogP) is 2.31. The second kappa shape index (κ2) is 7.29. The molecule has 3 heterocycles. The van der Waals surface area contributed by atoms with Gasteiger partial charge in [-0.15, -0.1) is 14.8 Å². The molecule has 0 aromatic carbocycles. The van der Waals surface area contributed by atoms with E-state index in [1.54, 1.807) is 0 Å². The molecule has 0 unspecified atom stereocenters. The van der Waals surface area contributed by atoms with E-state index >= 15 is 0 Å². The molecule has 1 saturated heterocycles. The molecule has 1 amide bonds. The van der Waals surface area contributed by atoms with Crippen molar-refractivity contribution in [2.24, 2.45) is 11.8 Å². The Morgan fingerprint density at radius 1 is 1.00 bits per heavy atom. The minimum Gasteiger partial charge on any atom is -0.355 e. The third-order valence-corrected chi connectivity index (χ3v) is 6.80. The largest absolute Gasteiger partial charge is 0.355 e. The molecular formula is C20H29N7O. The Bertz CT molecular complexity index is 832. The maximum Gasteiger partial charge on any atom is 0.226 e. The third kappa shape index (κ3) is 3.44. The van der Waals surface area contributed by atoms with Gasteiger partial charge in [-0.3, -0.25) is 4.79 Å². The zero-order valence-electron chi connectivity index (χ0n) is 16.6. The van der Waals surface area contributed by atoms with Gasteiger partial charge >= 0.3 is 0 Å². The van der Waals surface area contributed by atoms with Crippen LogP contribution in [0.5, 0.6) is 0 Å². The van der Waals surface area contributed by atoms with E-state index in [4.69, 9.17) is 0 Å². The minimum absolute atomic E-state index is 0.160. The standard InChI is InChI=1S/C20H29N7O/c1-14-2-4-16(5-3-14)26(17-6-7-17)20(28)15-10-12-25(13-11-15)19-9-8-18-21-23-24-27(18)22-19/h8-9,14-17H,2-7,10-13H2,1H3. The number of hydrogen-bond donors (Lipinski definition) is 0. The van der Waals surface area contributed by atoms with Gasteiger partial charge in [0, 0.05) is 31.1 Å². The van der Waals surface area contributed by atoms with E-state index in [9.17, 15) is 4.79 Å². The molecule has 5 rings (SSSR count). The maximum atomic E-state index is 13.4. The summed E-state index contributed by atoms with van der Waals surface area (Å²) in [5, 5.41) is 15.9. The Hall–Kier alpha value is -2.25. The van der Waals surface area contributed by atoms with E-state index in [2.05, 4.69) is 37.3 Å². The Kier molecular flexibility index (Phi) is 4.64. The van der Waals surface area contributed by atoms with E-state index in [1.807, 2.05) is 12.1 Å². The zero-order chi connectivity index (χ0) is 19.1. The number of carbonyl (C=O) groups excluding carboxylic acids is 1. The highest BCUT2D eigenvalue weighted by Crippen LogP contribution is 2.37. The molecule has 1 aliphatic heterocycles. The van der Waals surface area contributed by atoms with Crippen molar-refractivity contribution in [3.8, 4) is 0 Å². The van der Waals surface area contributed by atoms with Crippen molar-refractivity contribution in [1.82, 2.24) is 30.2 Å². The Labute approximate surface area is 165 Å². The third-order valence-electron chi connectivity index (χ3n) is 6.80. The number of aromatic nitrogens is 5. The van der Waals surface area contributed by atoms with Crippen LogP contribution in [-0.4, -0.2) is 61.2 Å². The Morgan fingerprint density at radius 2 is 1.68 bits per heavy atom. The van der Waals surface area contributed by atoms with Crippen LogP contribution < -0.4 is 4.90 Å². The Balaban J connectivity index is 1.23. The summed E-state index contributed by atoms with van der Waals surface area (Å²) in [6.45, 7) is 4.06. The van der Waals surface area contributed by atoms with E-state index in [1.165, 1.54) is 43.2 Å². The zero-order valence-corrected chi connectivity index (χ0v) is 16.6. The Morgan fingerprint density at radius 3 is 2.36 bits per heavy atom. The predicted molar refractivity (Wildman–Crippen MR) is 105 cm³/mol. The number of anilines is 1. The molecule has 2 aliphatic carbocycles. The van der Waals surface area contributed by atoms with E-state index in [-0.39, 0.29) is 5.92 Å². The second-order valence-corrected chi connectivity index (χ2v) is 8.87. The summed E-state index contributed by atoms with van der Waals surface area (Å²) in [6, 6.07) is 4.86. The van der Waals surface area contributed by atoms with Crippen molar-refractivity contribution in [3.05, 3.63) is 12.1 Å². The summed E-state index contributed by atoms with van der Waals surface area (Å²) >= 11 is 0. The fourth-order valence-electron chi connectivity index (χ4n) is 4.91. The van der Waals surface area contributed by atoms with Gasteiger partial charge in [0.05, 0.1) is 0 Å². The summed E-state index contributed by atoms with van der Waals surface area (Å²) in [5.74, 6) is 2.28. The summed E-state index contributed by atoms with van der Waals surface area (Å²) in [6.07, 6.45) is 9.13. The molecule has 150 valence electrons. The molecule has 3 fully saturated rings. The molecule has 0 N–H and O–H groups in total. The van der Waals surface area contributed by atoms with Crippen molar-refractivity contribution in [2.75, 3.05) is 18.0 Å². The van der Waals surface area contributed by atoms with E-state index in [0.717, 1.165) is 37.7 Å². The van der Waals surface area contributed by atoms with Gasteiger partial charge < -0.3 is 9.80 Å². The van der Waals surface area contributed by atoms with Gasteiger partial charge in [0.2, 0.25) is 5.91 Å². The average Bonchev–Trinajstić information content (AvgIpc) is 3.45. The summed E-state index contributed by atoms with van der Waals surface area (Å²) < 4.78 is 1.46. The number of piperidine rings is 1. The molecule has 2 aromatic heterocycles. The number of fused-ring (bicyclic) bond motifs is 1. The van der Waals surface area contributed by atoms with E-state index < -0.39 is 0 Å². The average molecular weight is 384 g/mol. The first-order chi connectivity index (χ1) is 13.7. The number of tetrazole rings is 1. The molecule has 8 nitrogen and oxygen atoms in total. The van der Waals surface area contributed by atoms with Gasteiger partial charge in [0.25, 0.3) is 0 Å². The molecular weight excluding hydrogens is 354 g/mol. The molecule has 28 heavy (non-hydrogen) atoms. The highest BCUT2D eigenvalue weighted by molar-refractivity contribution is 5.80. The van der Waals surface area contributed by atoms with Gasteiger partial charge in [0.1, 0.15) is 0 Å². The molecule has 0 radical (unpaired) electrons. The van der Waals surface area contributed by atoms with Crippen LogP contribution in [0, 0.1) is 11.8 Å². The summed E-state index contributed by atoms with van der Waals surface area (Å²) in [7, 11) is 0. The molecule has 3 aliphatic rings. The lowest BCUT2D eigenvalue weighted by molar-refractivity contribution is -0.140. The molecule has 0 spiro atoms. The van der Waals surface area contributed by atoms with Crippen LogP contribution in [0.15, 0.2) is 12.1 Å².